The molecule has 0 saturated heterocycles. The summed E-state index contributed by atoms with van der Waals surface area (Å²) in [6, 6.07) is 7.36. The predicted octanol–water partition coefficient (Wildman–Crippen LogP) is 2.03. The van der Waals surface area contributed by atoms with E-state index in [1.54, 1.807) is 23.8 Å². The van der Waals surface area contributed by atoms with Crippen LogP contribution in [0.25, 0.3) is 5.69 Å². The number of esters is 1. The number of carbonyl (C=O) groups is 1. The topological polar surface area (TPSA) is 90.3 Å². The van der Waals surface area contributed by atoms with E-state index in [-0.39, 0.29) is 16.9 Å². The van der Waals surface area contributed by atoms with Crippen LogP contribution in [0.15, 0.2) is 24.4 Å². The van der Waals surface area contributed by atoms with Crippen LogP contribution in [0.5, 0.6) is 5.75 Å². The van der Waals surface area contributed by atoms with Crippen molar-refractivity contribution in [2.75, 3.05) is 20.0 Å². The standard InChI is InChI=1S/C15H15N3O3/c1-9-6-11(20-2)4-5-12(9)18-8-10(7-16)13(17)14(18)15(19)21-3/h4-6,8H,17H2,1-3H3. The van der Waals surface area contributed by atoms with Crippen LogP contribution >= 0.6 is 0 Å². The fourth-order valence-corrected chi connectivity index (χ4v) is 2.13. The number of ether oxygens (including phenoxy) is 2. The molecule has 2 aromatic rings. The number of nitriles is 1. The van der Waals surface area contributed by atoms with E-state index in [0.29, 0.717) is 5.75 Å². The zero-order valence-electron chi connectivity index (χ0n) is 12.0. The van der Waals surface area contributed by atoms with Crippen molar-refractivity contribution in [2.24, 2.45) is 0 Å². The van der Waals surface area contributed by atoms with Crippen LogP contribution in [-0.2, 0) is 4.74 Å². The zero-order chi connectivity index (χ0) is 15.6. The molecule has 1 heterocycles. The number of nitrogens with two attached hydrogens (primary N) is 1. The minimum absolute atomic E-state index is 0.111. The fraction of sp³-hybridized carbons (Fsp3) is 0.200. The summed E-state index contributed by atoms with van der Waals surface area (Å²) in [5.74, 6) is 0.112. The van der Waals surface area contributed by atoms with Gasteiger partial charge in [-0.2, -0.15) is 5.26 Å². The first kappa shape index (κ1) is 14.5. The first-order chi connectivity index (χ1) is 10.0. The summed E-state index contributed by atoms with van der Waals surface area (Å²) in [4.78, 5) is 11.9. The third-order valence-corrected chi connectivity index (χ3v) is 3.21. The Morgan fingerprint density at radius 2 is 2.10 bits per heavy atom. The summed E-state index contributed by atoms with van der Waals surface area (Å²) in [6.07, 6.45) is 1.52. The molecule has 0 amide bonds. The zero-order valence-corrected chi connectivity index (χ0v) is 12.0. The second-order valence-corrected chi connectivity index (χ2v) is 4.43. The molecule has 108 valence electrons. The molecule has 0 aliphatic heterocycles. The lowest BCUT2D eigenvalue weighted by atomic mass is 10.2. The molecule has 0 aliphatic rings. The SMILES string of the molecule is COC(=O)c1c(N)c(C#N)cn1-c1ccc(OC)cc1C. The maximum Gasteiger partial charge on any atom is 0.357 e. The number of carbonyl (C=O) groups excluding carboxylic acids is 1. The Morgan fingerprint density at radius 3 is 2.62 bits per heavy atom. The Balaban J connectivity index is 2.69. The van der Waals surface area contributed by atoms with Gasteiger partial charge in [0.2, 0.25) is 0 Å². The van der Waals surface area contributed by atoms with Crippen molar-refractivity contribution in [1.82, 2.24) is 4.57 Å². The third-order valence-electron chi connectivity index (χ3n) is 3.21. The fourth-order valence-electron chi connectivity index (χ4n) is 2.13. The minimum Gasteiger partial charge on any atom is -0.497 e. The molecular weight excluding hydrogens is 270 g/mol. The molecule has 2 rings (SSSR count). The number of rotatable bonds is 3. The quantitative estimate of drug-likeness (QED) is 0.871. The van der Waals surface area contributed by atoms with Gasteiger partial charge < -0.3 is 19.8 Å². The van der Waals surface area contributed by atoms with E-state index in [1.807, 2.05) is 19.1 Å². The number of nitrogens with zero attached hydrogens (tertiary/aromatic N) is 2. The van der Waals surface area contributed by atoms with Crippen LogP contribution < -0.4 is 10.5 Å². The van der Waals surface area contributed by atoms with Gasteiger partial charge >= 0.3 is 5.97 Å². The van der Waals surface area contributed by atoms with Crippen LogP contribution in [-0.4, -0.2) is 24.8 Å². The monoisotopic (exact) mass is 285 g/mol. The summed E-state index contributed by atoms with van der Waals surface area (Å²) in [6.45, 7) is 1.88. The molecule has 0 saturated carbocycles. The van der Waals surface area contributed by atoms with E-state index in [1.165, 1.54) is 13.3 Å². The summed E-state index contributed by atoms with van der Waals surface area (Å²) in [7, 11) is 2.85. The average molecular weight is 285 g/mol. The molecule has 2 N–H and O–H groups in total. The maximum atomic E-state index is 11.9. The molecule has 0 spiro atoms. The number of nitrogen functional groups attached to an aromatic ring is 1. The molecule has 0 unspecified atom stereocenters. The van der Waals surface area contributed by atoms with Crippen molar-refractivity contribution < 1.29 is 14.3 Å². The molecule has 0 fully saturated rings. The van der Waals surface area contributed by atoms with E-state index in [0.717, 1.165) is 11.3 Å². The van der Waals surface area contributed by atoms with Crippen molar-refractivity contribution >= 4 is 11.7 Å². The molecular formula is C15H15N3O3. The highest BCUT2D eigenvalue weighted by Gasteiger charge is 2.22. The second-order valence-electron chi connectivity index (χ2n) is 4.43. The van der Waals surface area contributed by atoms with Gasteiger partial charge in [-0.3, -0.25) is 0 Å². The predicted molar refractivity (Wildman–Crippen MR) is 77.5 cm³/mol. The van der Waals surface area contributed by atoms with Gasteiger partial charge in [-0.25, -0.2) is 4.79 Å². The first-order valence-corrected chi connectivity index (χ1v) is 6.17. The van der Waals surface area contributed by atoms with Gasteiger partial charge in [0.25, 0.3) is 0 Å². The maximum absolute atomic E-state index is 11.9. The third kappa shape index (κ3) is 2.41. The number of benzene rings is 1. The highest BCUT2D eigenvalue weighted by Crippen LogP contribution is 2.28. The van der Waals surface area contributed by atoms with Gasteiger partial charge in [0.1, 0.15) is 11.8 Å². The molecule has 0 radical (unpaired) electrons. The Labute approximate surface area is 122 Å². The second kappa shape index (κ2) is 5.59. The van der Waals surface area contributed by atoms with Crippen LogP contribution in [0.2, 0.25) is 0 Å². The minimum atomic E-state index is -0.593. The van der Waals surface area contributed by atoms with Crippen LogP contribution in [0.3, 0.4) is 0 Å². The van der Waals surface area contributed by atoms with Gasteiger partial charge in [0, 0.05) is 11.9 Å². The van der Waals surface area contributed by atoms with Crippen molar-refractivity contribution in [3.05, 3.63) is 41.2 Å². The van der Waals surface area contributed by atoms with Gasteiger partial charge in [-0.1, -0.05) is 0 Å². The van der Waals surface area contributed by atoms with E-state index in [9.17, 15) is 4.79 Å². The summed E-state index contributed by atoms with van der Waals surface area (Å²) in [5.41, 5.74) is 7.95. The summed E-state index contributed by atoms with van der Waals surface area (Å²) < 4.78 is 11.5. The largest absolute Gasteiger partial charge is 0.497 e. The van der Waals surface area contributed by atoms with Gasteiger partial charge in [0.05, 0.1) is 25.5 Å². The lowest BCUT2D eigenvalue weighted by Gasteiger charge is -2.12. The van der Waals surface area contributed by atoms with Crippen LogP contribution in [0, 0.1) is 18.3 Å². The lowest BCUT2D eigenvalue weighted by Crippen LogP contribution is -2.11. The molecule has 0 aliphatic carbocycles. The number of hydrogen-bond acceptors (Lipinski definition) is 5. The van der Waals surface area contributed by atoms with E-state index in [4.69, 9.17) is 20.5 Å². The number of aromatic nitrogens is 1. The summed E-state index contributed by atoms with van der Waals surface area (Å²) >= 11 is 0. The molecule has 0 bridgehead atoms. The van der Waals surface area contributed by atoms with Crippen molar-refractivity contribution in [1.29, 1.82) is 5.26 Å². The van der Waals surface area contributed by atoms with Crippen LogP contribution in [0.4, 0.5) is 5.69 Å². The molecule has 21 heavy (non-hydrogen) atoms. The molecule has 0 atom stereocenters. The van der Waals surface area contributed by atoms with Gasteiger partial charge in [-0.15, -0.1) is 0 Å². The lowest BCUT2D eigenvalue weighted by molar-refractivity contribution is 0.0593. The molecule has 1 aromatic carbocycles. The van der Waals surface area contributed by atoms with E-state index >= 15 is 0 Å². The smallest absolute Gasteiger partial charge is 0.357 e. The van der Waals surface area contributed by atoms with Gasteiger partial charge in [0.15, 0.2) is 5.69 Å². The van der Waals surface area contributed by atoms with E-state index in [2.05, 4.69) is 0 Å². The Kier molecular flexibility index (Phi) is 3.85. The summed E-state index contributed by atoms with van der Waals surface area (Å²) in [5, 5.41) is 9.09. The van der Waals surface area contributed by atoms with Crippen molar-refractivity contribution in [2.45, 2.75) is 6.92 Å². The number of methoxy groups -OCH3 is 2. The molecule has 1 aromatic heterocycles. The molecule has 6 heteroatoms. The normalized spacial score (nSPS) is 10.0. The first-order valence-electron chi connectivity index (χ1n) is 6.17. The number of hydrogen-bond donors (Lipinski definition) is 1. The van der Waals surface area contributed by atoms with Crippen molar-refractivity contribution in [3.63, 3.8) is 0 Å². The molecule has 6 nitrogen and oxygen atoms in total. The highest BCUT2D eigenvalue weighted by molar-refractivity contribution is 5.96. The van der Waals surface area contributed by atoms with Crippen molar-refractivity contribution in [3.8, 4) is 17.5 Å². The van der Waals surface area contributed by atoms with Crippen LogP contribution in [0.1, 0.15) is 21.6 Å². The Bertz CT molecular complexity index is 741. The van der Waals surface area contributed by atoms with E-state index < -0.39 is 5.97 Å². The number of anilines is 1. The Hall–Kier alpha value is -2.94. The average Bonchev–Trinajstić information content (AvgIpc) is 2.82. The highest BCUT2D eigenvalue weighted by atomic mass is 16.5. The number of aryl methyl sites for hydroxylation is 1. The Morgan fingerprint density at radius 1 is 1.38 bits per heavy atom. The van der Waals surface area contributed by atoms with Gasteiger partial charge in [-0.05, 0) is 30.7 Å².